The van der Waals surface area contributed by atoms with E-state index in [-0.39, 0.29) is 10.8 Å². The fourth-order valence-corrected chi connectivity index (χ4v) is 4.52. The van der Waals surface area contributed by atoms with Gasteiger partial charge in [-0.05, 0) is 48.4 Å². The van der Waals surface area contributed by atoms with Crippen LogP contribution in [0.25, 0.3) is 0 Å². The van der Waals surface area contributed by atoms with Crippen molar-refractivity contribution < 1.29 is 13.2 Å². The second-order valence-corrected chi connectivity index (χ2v) is 8.86. The Hall–Kier alpha value is -1.60. The number of carbonyl (C=O) groups is 1. The molecule has 2 aromatic carbocycles. The smallest absolute Gasteiger partial charge is 0.243 e. The molecule has 1 fully saturated rings. The van der Waals surface area contributed by atoms with Gasteiger partial charge in [0.05, 0.1) is 21.5 Å². The number of rotatable bonds is 5. The van der Waals surface area contributed by atoms with E-state index < -0.39 is 10.0 Å². The van der Waals surface area contributed by atoms with Crippen LogP contribution in [0.15, 0.2) is 47.4 Å². The van der Waals surface area contributed by atoms with Crippen LogP contribution in [0.5, 0.6) is 0 Å². The minimum atomic E-state index is -3.44. The third-order valence-corrected chi connectivity index (χ3v) is 6.96. The molecular formula is C18H18Cl2N2O3S. The SMILES string of the molecule is CC(=O)N(Cc1ccc(Cl)c(Cl)c1)c1ccc(S(=O)(=O)N2CCC2)cc1. The fraction of sp³-hybridized carbons (Fsp3) is 0.278. The standard InChI is InChI=1S/C18H18Cl2N2O3S/c1-13(23)22(12-14-3-8-17(19)18(20)11-14)15-4-6-16(7-5-15)26(24,25)21-9-2-10-21/h3-8,11H,2,9-10,12H2,1H3. The van der Waals surface area contributed by atoms with E-state index in [2.05, 4.69) is 0 Å². The molecule has 0 atom stereocenters. The Balaban J connectivity index is 1.84. The number of halogens is 2. The summed E-state index contributed by atoms with van der Waals surface area (Å²) in [6.45, 7) is 2.88. The Bertz CT molecular complexity index is 926. The molecule has 1 aliphatic rings. The van der Waals surface area contributed by atoms with Gasteiger partial charge in [0, 0.05) is 25.7 Å². The van der Waals surface area contributed by atoms with E-state index in [0.29, 0.717) is 35.4 Å². The third-order valence-electron chi connectivity index (χ3n) is 4.31. The zero-order valence-corrected chi connectivity index (χ0v) is 16.5. The Kier molecular flexibility index (Phi) is 5.58. The van der Waals surface area contributed by atoms with E-state index in [1.807, 2.05) is 0 Å². The van der Waals surface area contributed by atoms with Crippen molar-refractivity contribution >= 4 is 44.8 Å². The average molecular weight is 413 g/mol. The first-order valence-corrected chi connectivity index (χ1v) is 10.3. The maximum Gasteiger partial charge on any atom is 0.243 e. The molecule has 138 valence electrons. The summed E-state index contributed by atoms with van der Waals surface area (Å²) in [5.74, 6) is -0.158. The van der Waals surface area contributed by atoms with Gasteiger partial charge < -0.3 is 4.90 Å². The number of carbonyl (C=O) groups excluding carboxylic acids is 1. The summed E-state index contributed by atoms with van der Waals surface area (Å²) in [7, 11) is -3.44. The van der Waals surface area contributed by atoms with E-state index in [9.17, 15) is 13.2 Å². The molecule has 0 bridgehead atoms. The van der Waals surface area contributed by atoms with Gasteiger partial charge in [-0.15, -0.1) is 0 Å². The monoisotopic (exact) mass is 412 g/mol. The van der Waals surface area contributed by atoms with Gasteiger partial charge >= 0.3 is 0 Å². The van der Waals surface area contributed by atoms with Gasteiger partial charge in [0.15, 0.2) is 0 Å². The number of hydrogen-bond acceptors (Lipinski definition) is 3. The van der Waals surface area contributed by atoms with Crippen LogP contribution in [0.4, 0.5) is 5.69 Å². The highest BCUT2D eigenvalue weighted by Gasteiger charge is 2.29. The first kappa shape index (κ1) is 19.2. The predicted octanol–water partition coefficient (Wildman–Crippen LogP) is 3.94. The van der Waals surface area contributed by atoms with E-state index in [1.54, 1.807) is 35.2 Å². The number of sulfonamides is 1. The molecule has 1 aliphatic heterocycles. The van der Waals surface area contributed by atoms with Gasteiger partial charge in [-0.1, -0.05) is 29.3 Å². The Labute approximate surface area is 163 Å². The van der Waals surface area contributed by atoms with Crippen LogP contribution in [-0.4, -0.2) is 31.7 Å². The third kappa shape index (κ3) is 3.88. The molecule has 0 radical (unpaired) electrons. The zero-order chi connectivity index (χ0) is 18.9. The second-order valence-electron chi connectivity index (χ2n) is 6.11. The molecular weight excluding hydrogens is 395 g/mol. The molecule has 8 heteroatoms. The number of hydrogen-bond donors (Lipinski definition) is 0. The van der Waals surface area contributed by atoms with Crippen molar-refractivity contribution in [2.45, 2.75) is 24.8 Å². The quantitative estimate of drug-likeness (QED) is 0.746. The Morgan fingerprint density at radius 3 is 2.23 bits per heavy atom. The lowest BCUT2D eigenvalue weighted by Crippen LogP contribution is -2.41. The van der Waals surface area contributed by atoms with Crippen LogP contribution in [-0.2, 0) is 21.4 Å². The molecule has 0 aromatic heterocycles. The van der Waals surface area contributed by atoms with Crippen LogP contribution in [0.1, 0.15) is 18.9 Å². The van der Waals surface area contributed by atoms with E-state index >= 15 is 0 Å². The van der Waals surface area contributed by atoms with E-state index in [0.717, 1.165) is 12.0 Å². The van der Waals surface area contributed by atoms with Gasteiger partial charge in [-0.3, -0.25) is 4.79 Å². The summed E-state index contributed by atoms with van der Waals surface area (Å²) in [6.07, 6.45) is 0.888. The highest BCUT2D eigenvalue weighted by Crippen LogP contribution is 2.27. The molecule has 1 amide bonds. The fourth-order valence-electron chi connectivity index (χ4n) is 2.68. The number of anilines is 1. The van der Waals surface area contributed by atoms with Crippen LogP contribution in [0.3, 0.4) is 0 Å². The molecule has 0 spiro atoms. The van der Waals surface area contributed by atoms with Crippen LogP contribution < -0.4 is 4.90 Å². The number of amides is 1. The van der Waals surface area contributed by atoms with Crippen molar-refractivity contribution in [1.29, 1.82) is 0 Å². The lowest BCUT2D eigenvalue weighted by molar-refractivity contribution is -0.116. The molecule has 5 nitrogen and oxygen atoms in total. The summed E-state index contributed by atoms with van der Waals surface area (Å²) in [6, 6.07) is 11.5. The highest BCUT2D eigenvalue weighted by atomic mass is 35.5. The number of nitrogens with zero attached hydrogens (tertiary/aromatic N) is 2. The molecule has 3 rings (SSSR count). The van der Waals surface area contributed by atoms with Gasteiger partial charge in [-0.2, -0.15) is 4.31 Å². The summed E-state index contributed by atoms with van der Waals surface area (Å²) in [4.78, 5) is 13.9. The maximum absolute atomic E-state index is 12.4. The van der Waals surface area contributed by atoms with Crippen LogP contribution in [0, 0.1) is 0 Å². The topological polar surface area (TPSA) is 57.7 Å². The lowest BCUT2D eigenvalue weighted by Gasteiger charge is -2.30. The molecule has 0 N–H and O–H groups in total. The minimum absolute atomic E-state index is 0.158. The molecule has 1 heterocycles. The number of benzene rings is 2. The summed E-state index contributed by atoms with van der Waals surface area (Å²) < 4.78 is 26.3. The van der Waals surface area contributed by atoms with Crippen molar-refractivity contribution in [1.82, 2.24) is 4.31 Å². The van der Waals surface area contributed by atoms with Crippen molar-refractivity contribution in [2.75, 3.05) is 18.0 Å². The average Bonchev–Trinajstić information content (AvgIpc) is 2.53. The molecule has 0 aliphatic carbocycles. The molecule has 0 unspecified atom stereocenters. The molecule has 1 saturated heterocycles. The van der Waals surface area contributed by atoms with Crippen LogP contribution >= 0.6 is 23.2 Å². The summed E-state index contributed by atoms with van der Waals surface area (Å²) >= 11 is 12.0. The van der Waals surface area contributed by atoms with Crippen molar-refractivity contribution in [3.05, 3.63) is 58.1 Å². The normalized spacial score (nSPS) is 14.7. The first-order valence-electron chi connectivity index (χ1n) is 8.11. The minimum Gasteiger partial charge on any atom is -0.308 e. The molecule has 0 saturated carbocycles. The molecule has 26 heavy (non-hydrogen) atoms. The zero-order valence-electron chi connectivity index (χ0n) is 14.2. The second kappa shape index (κ2) is 7.56. The lowest BCUT2D eigenvalue weighted by atomic mass is 10.2. The Morgan fingerprint density at radius 2 is 1.73 bits per heavy atom. The van der Waals surface area contributed by atoms with E-state index in [1.165, 1.54) is 23.4 Å². The summed E-state index contributed by atoms with van der Waals surface area (Å²) in [5.41, 5.74) is 1.44. The highest BCUT2D eigenvalue weighted by molar-refractivity contribution is 7.89. The van der Waals surface area contributed by atoms with Gasteiger partial charge in [-0.25, -0.2) is 8.42 Å². The maximum atomic E-state index is 12.4. The van der Waals surface area contributed by atoms with Crippen molar-refractivity contribution in [3.8, 4) is 0 Å². The van der Waals surface area contributed by atoms with Crippen molar-refractivity contribution in [2.24, 2.45) is 0 Å². The van der Waals surface area contributed by atoms with Gasteiger partial charge in [0.2, 0.25) is 15.9 Å². The largest absolute Gasteiger partial charge is 0.308 e. The van der Waals surface area contributed by atoms with Gasteiger partial charge in [0.1, 0.15) is 0 Å². The summed E-state index contributed by atoms with van der Waals surface area (Å²) in [5, 5.41) is 0.869. The Morgan fingerprint density at radius 1 is 1.08 bits per heavy atom. The first-order chi connectivity index (χ1) is 12.3. The van der Waals surface area contributed by atoms with Gasteiger partial charge in [0.25, 0.3) is 0 Å². The van der Waals surface area contributed by atoms with Crippen molar-refractivity contribution in [3.63, 3.8) is 0 Å². The molecule has 2 aromatic rings. The predicted molar refractivity (Wildman–Crippen MR) is 103 cm³/mol. The van der Waals surface area contributed by atoms with Crippen LogP contribution in [0.2, 0.25) is 10.0 Å². The van der Waals surface area contributed by atoms with E-state index in [4.69, 9.17) is 23.2 Å².